The molecule has 2 aromatic rings. The maximum absolute atomic E-state index is 13.1. The van der Waals surface area contributed by atoms with E-state index in [-0.39, 0.29) is 17.6 Å². The van der Waals surface area contributed by atoms with Crippen molar-refractivity contribution in [2.24, 2.45) is 5.92 Å². The fraction of sp³-hybridized carbons (Fsp3) is 0.476. The SMILES string of the molecule is CC1CCCN(C(=O)c2nc(C(=O)Nc3ccc(F)cc3)c3n2CCCC3)C1. The summed E-state index contributed by atoms with van der Waals surface area (Å²) in [5, 5.41) is 2.77. The molecule has 2 amide bonds. The van der Waals surface area contributed by atoms with E-state index in [4.69, 9.17) is 0 Å². The van der Waals surface area contributed by atoms with E-state index >= 15 is 0 Å². The molecule has 3 heterocycles. The quantitative estimate of drug-likeness (QED) is 0.881. The van der Waals surface area contributed by atoms with Crippen LogP contribution in [-0.4, -0.2) is 39.4 Å². The summed E-state index contributed by atoms with van der Waals surface area (Å²) in [4.78, 5) is 32.3. The lowest BCUT2D eigenvalue weighted by Crippen LogP contribution is -2.40. The maximum Gasteiger partial charge on any atom is 0.289 e. The number of nitrogens with one attached hydrogen (secondary N) is 1. The molecule has 1 N–H and O–H groups in total. The van der Waals surface area contributed by atoms with Gasteiger partial charge in [0, 0.05) is 25.3 Å². The molecule has 0 radical (unpaired) electrons. The van der Waals surface area contributed by atoms with Crippen LogP contribution in [0, 0.1) is 11.7 Å². The number of aromatic nitrogens is 2. The van der Waals surface area contributed by atoms with Crippen LogP contribution in [0.3, 0.4) is 0 Å². The fourth-order valence-corrected chi connectivity index (χ4v) is 4.13. The Morgan fingerprint density at radius 2 is 1.93 bits per heavy atom. The fourth-order valence-electron chi connectivity index (χ4n) is 4.13. The van der Waals surface area contributed by atoms with Crippen LogP contribution in [-0.2, 0) is 13.0 Å². The molecule has 1 saturated heterocycles. The van der Waals surface area contributed by atoms with Crippen molar-refractivity contribution in [2.45, 2.75) is 45.6 Å². The van der Waals surface area contributed by atoms with Gasteiger partial charge in [-0.05, 0) is 62.3 Å². The van der Waals surface area contributed by atoms with Crippen LogP contribution in [0.15, 0.2) is 24.3 Å². The minimum Gasteiger partial charge on any atom is -0.336 e. The van der Waals surface area contributed by atoms with E-state index in [1.54, 1.807) is 0 Å². The van der Waals surface area contributed by atoms with Crippen LogP contribution in [0.2, 0.25) is 0 Å². The number of anilines is 1. The summed E-state index contributed by atoms with van der Waals surface area (Å²) >= 11 is 0. The molecule has 1 unspecified atom stereocenters. The molecule has 7 heteroatoms. The van der Waals surface area contributed by atoms with E-state index in [9.17, 15) is 14.0 Å². The predicted molar refractivity (Wildman–Crippen MR) is 104 cm³/mol. The van der Waals surface area contributed by atoms with Crippen molar-refractivity contribution in [2.75, 3.05) is 18.4 Å². The number of imidazole rings is 1. The van der Waals surface area contributed by atoms with Crippen LogP contribution < -0.4 is 5.32 Å². The normalized spacial score (nSPS) is 19.2. The molecule has 0 aliphatic carbocycles. The highest BCUT2D eigenvalue weighted by molar-refractivity contribution is 6.05. The lowest BCUT2D eigenvalue weighted by molar-refractivity contribution is 0.0664. The summed E-state index contributed by atoms with van der Waals surface area (Å²) in [5.74, 6) is 0.0441. The number of likely N-dealkylation sites (tertiary alicyclic amines) is 1. The number of nitrogens with zero attached hydrogens (tertiary/aromatic N) is 3. The van der Waals surface area contributed by atoms with Crippen molar-refractivity contribution in [1.29, 1.82) is 0 Å². The summed E-state index contributed by atoms with van der Waals surface area (Å²) in [6.07, 6.45) is 4.80. The van der Waals surface area contributed by atoms with E-state index in [0.29, 0.717) is 29.7 Å². The second-order valence-corrected chi connectivity index (χ2v) is 7.80. The summed E-state index contributed by atoms with van der Waals surface area (Å²) < 4.78 is 15.0. The molecule has 1 aromatic heterocycles. The first-order chi connectivity index (χ1) is 13.5. The number of halogens is 1. The van der Waals surface area contributed by atoms with Crippen LogP contribution in [0.1, 0.15) is 59.4 Å². The third-order valence-corrected chi connectivity index (χ3v) is 5.57. The van der Waals surface area contributed by atoms with E-state index in [0.717, 1.165) is 50.9 Å². The van der Waals surface area contributed by atoms with Crippen molar-refractivity contribution < 1.29 is 14.0 Å². The van der Waals surface area contributed by atoms with Gasteiger partial charge in [-0.1, -0.05) is 6.92 Å². The van der Waals surface area contributed by atoms with E-state index in [2.05, 4.69) is 17.2 Å². The zero-order valence-corrected chi connectivity index (χ0v) is 16.1. The second kappa shape index (κ2) is 7.73. The Kier molecular flexibility index (Phi) is 5.15. The Bertz CT molecular complexity index is 891. The number of hydrogen-bond acceptors (Lipinski definition) is 3. The number of carbonyl (C=O) groups is 2. The molecule has 148 valence electrons. The molecule has 1 fully saturated rings. The van der Waals surface area contributed by atoms with E-state index in [1.807, 2.05) is 9.47 Å². The number of carbonyl (C=O) groups excluding carboxylic acids is 2. The standard InChI is InChI=1S/C21H25FN4O2/c1-14-5-4-11-25(13-14)21(28)19-24-18(17-6-2-3-12-26(17)19)20(27)23-16-9-7-15(22)8-10-16/h7-10,14H,2-6,11-13H2,1H3,(H,23,27). The van der Waals surface area contributed by atoms with Crippen LogP contribution in [0.4, 0.5) is 10.1 Å². The monoisotopic (exact) mass is 384 g/mol. The van der Waals surface area contributed by atoms with Gasteiger partial charge in [-0.3, -0.25) is 9.59 Å². The molecule has 0 saturated carbocycles. The first-order valence-electron chi connectivity index (χ1n) is 9.98. The largest absolute Gasteiger partial charge is 0.336 e. The average molecular weight is 384 g/mol. The van der Waals surface area contributed by atoms with Gasteiger partial charge in [0.05, 0.1) is 5.69 Å². The second-order valence-electron chi connectivity index (χ2n) is 7.80. The Balaban J connectivity index is 1.62. The first-order valence-corrected chi connectivity index (χ1v) is 9.98. The number of rotatable bonds is 3. The highest BCUT2D eigenvalue weighted by atomic mass is 19.1. The van der Waals surface area contributed by atoms with Crippen molar-refractivity contribution in [1.82, 2.24) is 14.5 Å². The molecule has 0 spiro atoms. The molecule has 1 aromatic carbocycles. The Morgan fingerprint density at radius 1 is 1.14 bits per heavy atom. The molecule has 1 atom stereocenters. The molecule has 0 bridgehead atoms. The van der Waals surface area contributed by atoms with Gasteiger partial charge in [-0.25, -0.2) is 9.37 Å². The summed E-state index contributed by atoms with van der Waals surface area (Å²) in [7, 11) is 0. The maximum atomic E-state index is 13.1. The molecular formula is C21H25FN4O2. The molecule has 28 heavy (non-hydrogen) atoms. The van der Waals surface area contributed by atoms with Gasteiger partial charge in [0.25, 0.3) is 11.8 Å². The molecular weight excluding hydrogens is 359 g/mol. The highest BCUT2D eigenvalue weighted by Gasteiger charge is 2.31. The number of hydrogen-bond donors (Lipinski definition) is 1. The van der Waals surface area contributed by atoms with Gasteiger partial charge in [0.15, 0.2) is 11.5 Å². The Labute approximate surface area is 163 Å². The Morgan fingerprint density at radius 3 is 2.68 bits per heavy atom. The van der Waals surface area contributed by atoms with Gasteiger partial charge < -0.3 is 14.8 Å². The number of fused-ring (bicyclic) bond motifs is 1. The van der Waals surface area contributed by atoms with Crippen molar-refractivity contribution in [3.8, 4) is 0 Å². The van der Waals surface area contributed by atoms with Gasteiger partial charge >= 0.3 is 0 Å². The highest BCUT2D eigenvalue weighted by Crippen LogP contribution is 2.25. The predicted octanol–water partition coefficient (Wildman–Crippen LogP) is 3.48. The summed E-state index contributed by atoms with van der Waals surface area (Å²) in [6, 6.07) is 5.61. The van der Waals surface area contributed by atoms with Gasteiger partial charge in [0.1, 0.15) is 5.82 Å². The summed E-state index contributed by atoms with van der Waals surface area (Å²) in [5.41, 5.74) is 1.62. The third kappa shape index (κ3) is 3.66. The van der Waals surface area contributed by atoms with Crippen molar-refractivity contribution >= 4 is 17.5 Å². The molecule has 2 aliphatic heterocycles. The third-order valence-electron chi connectivity index (χ3n) is 5.57. The topological polar surface area (TPSA) is 67.2 Å². The summed E-state index contributed by atoms with van der Waals surface area (Å²) in [6.45, 7) is 4.33. The molecule has 2 aliphatic rings. The van der Waals surface area contributed by atoms with Crippen molar-refractivity contribution in [3.63, 3.8) is 0 Å². The minimum atomic E-state index is -0.360. The minimum absolute atomic E-state index is 0.0875. The van der Waals surface area contributed by atoms with Crippen molar-refractivity contribution in [3.05, 3.63) is 47.3 Å². The van der Waals surface area contributed by atoms with Gasteiger partial charge in [-0.2, -0.15) is 0 Å². The zero-order chi connectivity index (χ0) is 19.7. The van der Waals surface area contributed by atoms with Gasteiger partial charge in [-0.15, -0.1) is 0 Å². The van der Waals surface area contributed by atoms with Crippen LogP contribution >= 0.6 is 0 Å². The van der Waals surface area contributed by atoms with Crippen LogP contribution in [0.25, 0.3) is 0 Å². The molecule has 6 nitrogen and oxygen atoms in total. The average Bonchev–Trinajstić information content (AvgIpc) is 3.09. The number of amides is 2. The lowest BCUT2D eigenvalue weighted by atomic mass is 10.0. The number of benzene rings is 1. The van der Waals surface area contributed by atoms with Gasteiger partial charge in [0.2, 0.25) is 0 Å². The van der Waals surface area contributed by atoms with Crippen LogP contribution in [0.5, 0.6) is 0 Å². The molecule has 4 rings (SSSR count). The van der Waals surface area contributed by atoms with E-state index < -0.39 is 0 Å². The Hall–Kier alpha value is -2.70. The first kappa shape index (κ1) is 18.7. The lowest BCUT2D eigenvalue weighted by Gasteiger charge is -2.31. The number of piperidine rings is 1. The smallest absolute Gasteiger partial charge is 0.289 e. The van der Waals surface area contributed by atoms with E-state index in [1.165, 1.54) is 24.3 Å². The zero-order valence-electron chi connectivity index (χ0n) is 16.1.